The number of amides is 1. The Labute approximate surface area is 132 Å². The van der Waals surface area contributed by atoms with Gasteiger partial charge in [-0.25, -0.2) is 4.98 Å². The fraction of sp³-hybridized carbons (Fsp3) is 0.600. The van der Waals surface area contributed by atoms with E-state index in [9.17, 15) is 4.79 Å². The zero-order valence-electron chi connectivity index (χ0n) is 13.5. The Balaban J connectivity index is 2.99. The molecule has 0 aliphatic heterocycles. The van der Waals surface area contributed by atoms with Gasteiger partial charge >= 0.3 is 0 Å². The van der Waals surface area contributed by atoms with Crippen LogP contribution in [0.4, 0.5) is 5.82 Å². The summed E-state index contributed by atoms with van der Waals surface area (Å²) < 4.78 is 0. The van der Waals surface area contributed by atoms with Crippen LogP contribution in [0.3, 0.4) is 0 Å². The van der Waals surface area contributed by atoms with Crippen molar-refractivity contribution in [2.24, 2.45) is 0 Å². The van der Waals surface area contributed by atoms with Crippen LogP contribution in [-0.4, -0.2) is 60.5 Å². The Bertz CT molecular complexity index is 479. The van der Waals surface area contributed by atoms with E-state index in [0.29, 0.717) is 23.1 Å². The van der Waals surface area contributed by atoms with E-state index >= 15 is 0 Å². The zero-order valence-corrected chi connectivity index (χ0v) is 14.2. The highest BCUT2D eigenvalue weighted by molar-refractivity contribution is 6.29. The molecule has 6 heteroatoms. The van der Waals surface area contributed by atoms with Crippen molar-refractivity contribution < 1.29 is 4.79 Å². The van der Waals surface area contributed by atoms with E-state index in [1.54, 1.807) is 12.1 Å². The third-order valence-corrected chi connectivity index (χ3v) is 3.36. The van der Waals surface area contributed by atoms with Crippen molar-refractivity contribution in [3.8, 4) is 0 Å². The molecule has 1 atom stereocenters. The first kappa shape index (κ1) is 17.7. The van der Waals surface area contributed by atoms with E-state index in [-0.39, 0.29) is 11.9 Å². The summed E-state index contributed by atoms with van der Waals surface area (Å²) in [6.07, 6.45) is 0. The second-order valence-corrected chi connectivity index (χ2v) is 5.68. The Hall–Kier alpha value is -1.33. The van der Waals surface area contributed by atoms with Crippen LogP contribution in [0, 0.1) is 0 Å². The van der Waals surface area contributed by atoms with Gasteiger partial charge in [-0.1, -0.05) is 11.6 Å². The molecular weight excluding hydrogens is 288 g/mol. The van der Waals surface area contributed by atoms with Crippen LogP contribution in [0.5, 0.6) is 0 Å². The molecule has 0 aromatic carbocycles. The Morgan fingerprint density at radius 3 is 2.57 bits per heavy atom. The van der Waals surface area contributed by atoms with E-state index in [1.807, 2.05) is 32.8 Å². The number of carbonyl (C=O) groups is 1. The van der Waals surface area contributed by atoms with Gasteiger partial charge in [0.05, 0.1) is 0 Å². The summed E-state index contributed by atoms with van der Waals surface area (Å²) in [4.78, 5) is 20.8. The zero-order chi connectivity index (χ0) is 16.0. The van der Waals surface area contributed by atoms with Crippen molar-refractivity contribution in [1.29, 1.82) is 0 Å². The largest absolute Gasteiger partial charge is 0.370 e. The number of anilines is 1. The minimum Gasteiger partial charge on any atom is -0.370 e. The van der Waals surface area contributed by atoms with Crippen LogP contribution in [0.1, 0.15) is 31.1 Å². The molecule has 1 aromatic heterocycles. The SMILES string of the molecule is CCNc1cc(C(=O)N(CC)C(C)CN(C)C)cc(Cl)n1. The second-order valence-electron chi connectivity index (χ2n) is 5.30. The molecule has 1 unspecified atom stereocenters. The smallest absolute Gasteiger partial charge is 0.254 e. The van der Waals surface area contributed by atoms with Crippen molar-refractivity contribution >= 4 is 23.3 Å². The summed E-state index contributed by atoms with van der Waals surface area (Å²) in [6, 6.07) is 3.51. The van der Waals surface area contributed by atoms with Gasteiger partial charge in [-0.05, 0) is 47.0 Å². The first-order valence-electron chi connectivity index (χ1n) is 7.26. The molecule has 1 aromatic rings. The summed E-state index contributed by atoms with van der Waals surface area (Å²) in [5.41, 5.74) is 0.568. The minimum atomic E-state index is -0.0182. The summed E-state index contributed by atoms with van der Waals surface area (Å²) >= 11 is 6.01. The van der Waals surface area contributed by atoms with Crippen molar-refractivity contribution in [3.63, 3.8) is 0 Å². The summed E-state index contributed by atoms with van der Waals surface area (Å²) in [5.74, 6) is 0.611. The molecule has 1 amide bonds. The van der Waals surface area contributed by atoms with Gasteiger partial charge in [-0.3, -0.25) is 4.79 Å². The molecule has 0 bridgehead atoms. The van der Waals surface area contributed by atoms with Crippen LogP contribution in [0.15, 0.2) is 12.1 Å². The number of rotatable bonds is 7. The first-order valence-corrected chi connectivity index (χ1v) is 7.64. The second kappa shape index (κ2) is 8.20. The molecule has 1 N–H and O–H groups in total. The maximum atomic E-state index is 12.7. The molecule has 0 saturated heterocycles. The first-order chi connectivity index (χ1) is 9.88. The summed E-state index contributed by atoms with van der Waals surface area (Å²) in [7, 11) is 4.00. The molecule has 0 aliphatic rings. The molecule has 21 heavy (non-hydrogen) atoms. The van der Waals surface area contributed by atoms with Crippen molar-refractivity contribution in [2.45, 2.75) is 26.8 Å². The number of hydrogen-bond acceptors (Lipinski definition) is 4. The monoisotopic (exact) mass is 312 g/mol. The van der Waals surface area contributed by atoms with E-state index in [4.69, 9.17) is 11.6 Å². The number of pyridine rings is 1. The number of halogens is 1. The molecule has 0 spiro atoms. The molecular formula is C15H25ClN4O. The summed E-state index contributed by atoms with van der Waals surface area (Å²) in [5, 5.41) is 3.41. The number of hydrogen-bond donors (Lipinski definition) is 1. The molecule has 0 aliphatic carbocycles. The predicted octanol–water partition coefficient (Wildman–Crippen LogP) is 2.58. The Kier molecular flexibility index (Phi) is 6.92. The van der Waals surface area contributed by atoms with Gasteiger partial charge in [0, 0.05) is 31.2 Å². The maximum absolute atomic E-state index is 12.7. The van der Waals surface area contributed by atoms with Crippen LogP contribution in [0.25, 0.3) is 0 Å². The lowest BCUT2D eigenvalue weighted by molar-refractivity contribution is 0.0679. The highest BCUT2D eigenvalue weighted by atomic mass is 35.5. The van der Waals surface area contributed by atoms with E-state index < -0.39 is 0 Å². The van der Waals surface area contributed by atoms with Gasteiger partial charge in [-0.2, -0.15) is 0 Å². The lowest BCUT2D eigenvalue weighted by Gasteiger charge is -2.30. The average Bonchev–Trinajstić information content (AvgIpc) is 2.38. The Morgan fingerprint density at radius 1 is 1.38 bits per heavy atom. The number of carbonyl (C=O) groups excluding carboxylic acids is 1. The number of likely N-dealkylation sites (N-methyl/N-ethyl adjacent to an activating group) is 2. The lowest BCUT2D eigenvalue weighted by atomic mass is 10.2. The van der Waals surface area contributed by atoms with Crippen LogP contribution in [-0.2, 0) is 0 Å². The van der Waals surface area contributed by atoms with Crippen molar-refractivity contribution in [1.82, 2.24) is 14.8 Å². The van der Waals surface area contributed by atoms with E-state index in [0.717, 1.165) is 13.1 Å². The van der Waals surface area contributed by atoms with E-state index in [2.05, 4.69) is 22.1 Å². The average molecular weight is 313 g/mol. The molecule has 0 fully saturated rings. The fourth-order valence-electron chi connectivity index (χ4n) is 2.34. The summed E-state index contributed by atoms with van der Waals surface area (Å²) in [6.45, 7) is 8.22. The molecule has 1 rings (SSSR count). The molecule has 5 nitrogen and oxygen atoms in total. The number of nitrogens with zero attached hydrogens (tertiary/aromatic N) is 3. The Morgan fingerprint density at radius 2 is 2.05 bits per heavy atom. The van der Waals surface area contributed by atoms with Crippen molar-refractivity contribution in [2.75, 3.05) is 39.0 Å². The predicted molar refractivity (Wildman–Crippen MR) is 88.1 cm³/mol. The molecule has 118 valence electrons. The number of aromatic nitrogens is 1. The minimum absolute atomic E-state index is 0.0182. The third-order valence-electron chi connectivity index (χ3n) is 3.16. The van der Waals surface area contributed by atoms with Gasteiger partial charge in [0.25, 0.3) is 5.91 Å². The van der Waals surface area contributed by atoms with Gasteiger partial charge in [0.2, 0.25) is 0 Å². The highest BCUT2D eigenvalue weighted by Crippen LogP contribution is 2.17. The van der Waals surface area contributed by atoms with Crippen LogP contribution < -0.4 is 5.32 Å². The quantitative estimate of drug-likeness (QED) is 0.786. The van der Waals surface area contributed by atoms with Gasteiger partial charge < -0.3 is 15.1 Å². The molecule has 1 heterocycles. The fourth-order valence-corrected chi connectivity index (χ4v) is 2.55. The van der Waals surface area contributed by atoms with Crippen LogP contribution in [0.2, 0.25) is 5.15 Å². The van der Waals surface area contributed by atoms with Crippen molar-refractivity contribution in [3.05, 3.63) is 22.8 Å². The van der Waals surface area contributed by atoms with Gasteiger partial charge in [0.1, 0.15) is 11.0 Å². The molecule has 0 radical (unpaired) electrons. The highest BCUT2D eigenvalue weighted by Gasteiger charge is 2.21. The molecule has 0 saturated carbocycles. The van der Waals surface area contributed by atoms with Gasteiger partial charge in [0.15, 0.2) is 0 Å². The topological polar surface area (TPSA) is 48.5 Å². The van der Waals surface area contributed by atoms with E-state index in [1.165, 1.54) is 0 Å². The number of nitrogens with one attached hydrogen (secondary N) is 1. The standard InChI is InChI=1S/C15H25ClN4O/c1-6-17-14-9-12(8-13(16)18-14)15(21)20(7-2)11(3)10-19(4)5/h8-9,11H,6-7,10H2,1-5H3,(H,17,18). The lowest BCUT2D eigenvalue weighted by Crippen LogP contribution is -2.43. The maximum Gasteiger partial charge on any atom is 0.254 e. The van der Waals surface area contributed by atoms with Crippen LogP contribution >= 0.6 is 11.6 Å². The third kappa shape index (κ3) is 5.17. The normalized spacial score (nSPS) is 12.3. The van der Waals surface area contributed by atoms with Gasteiger partial charge in [-0.15, -0.1) is 0 Å².